The van der Waals surface area contributed by atoms with Crippen molar-refractivity contribution in [1.29, 1.82) is 0 Å². The average Bonchev–Trinajstić information content (AvgIpc) is 2.99. The van der Waals surface area contributed by atoms with Crippen molar-refractivity contribution in [3.05, 3.63) is 47.8 Å². The maximum absolute atomic E-state index is 5.43. The number of fused-ring (bicyclic) bond motifs is 1. The van der Waals surface area contributed by atoms with Gasteiger partial charge in [0.2, 0.25) is 11.8 Å². The highest BCUT2D eigenvalue weighted by atomic mass is 16.4. The summed E-state index contributed by atoms with van der Waals surface area (Å²) in [6, 6.07) is 8.45. The van der Waals surface area contributed by atoms with E-state index in [1.165, 1.54) is 16.5 Å². The first-order valence-electron chi connectivity index (χ1n) is 6.28. The second-order valence-electron chi connectivity index (χ2n) is 4.54. The van der Waals surface area contributed by atoms with E-state index in [1.807, 2.05) is 7.05 Å². The van der Waals surface area contributed by atoms with Gasteiger partial charge in [-0.15, -0.1) is 10.2 Å². The zero-order valence-electron chi connectivity index (χ0n) is 11.1. The van der Waals surface area contributed by atoms with Gasteiger partial charge in [0, 0.05) is 30.6 Å². The molecule has 0 radical (unpaired) electrons. The van der Waals surface area contributed by atoms with Gasteiger partial charge in [0.25, 0.3) is 0 Å². The fraction of sp³-hybridized carbons (Fsp3) is 0.286. The fourth-order valence-electron chi connectivity index (χ4n) is 2.32. The van der Waals surface area contributed by atoms with Gasteiger partial charge in [-0.1, -0.05) is 12.1 Å². The van der Waals surface area contributed by atoms with E-state index in [-0.39, 0.29) is 0 Å². The van der Waals surface area contributed by atoms with Gasteiger partial charge >= 0.3 is 0 Å². The van der Waals surface area contributed by atoms with Gasteiger partial charge in [0.1, 0.15) is 6.54 Å². The van der Waals surface area contributed by atoms with Crippen LogP contribution in [0.25, 0.3) is 10.9 Å². The predicted octanol–water partition coefficient (Wildman–Crippen LogP) is 2.10. The van der Waals surface area contributed by atoms with Crippen LogP contribution in [-0.2, 0) is 13.1 Å². The molecule has 0 fully saturated rings. The molecule has 0 unspecified atom stereocenters. The van der Waals surface area contributed by atoms with Crippen LogP contribution in [0.4, 0.5) is 0 Å². The number of hydrogen-bond donors (Lipinski definition) is 1. The molecule has 1 N–H and O–H groups in total. The minimum atomic E-state index is 0.599. The maximum Gasteiger partial charge on any atom is 0.236 e. The van der Waals surface area contributed by atoms with Crippen LogP contribution in [0, 0.1) is 6.92 Å². The predicted molar refractivity (Wildman–Crippen MR) is 72.8 cm³/mol. The zero-order valence-corrected chi connectivity index (χ0v) is 11.1. The Kier molecular flexibility index (Phi) is 3.05. The molecule has 0 amide bonds. The van der Waals surface area contributed by atoms with E-state index in [9.17, 15) is 0 Å². The number of nitrogens with one attached hydrogen (secondary N) is 1. The Morgan fingerprint density at radius 1 is 1.26 bits per heavy atom. The molecule has 0 bridgehead atoms. The SMILES string of the molecule is CNCc1cccc2c1ccn2Cc1nnc(C)o1. The fourth-order valence-corrected chi connectivity index (χ4v) is 2.32. The molecule has 0 saturated carbocycles. The van der Waals surface area contributed by atoms with Crippen LogP contribution in [0.15, 0.2) is 34.9 Å². The summed E-state index contributed by atoms with van der Waals surface area (Å²) in [5.41, 5.74) is 2.48. The summed E-state index contributed by atoms with van der Waals surface area (Å²) >= 11 is 0. The first-order valence-corrected chi connectivity index (χ1v) is 6.28. The molecule has 2 aromatic heterocycles. The lowest BCUT2D eigenvalue weighted by molar-refractivity contribution is 0.457. The number of aryl methyl sites for hydroxylation is 1. The smallest absolute Gasteiger partial charge is 0.236 e. The molecule has 5 nitrogen and oxygen atoms in total. The molecule has 0 spiro atoms. The monoisotopic (exact) mass is 256 g/mol. The second-order valence-corrected chi connectivity index (χ2v) is 4.54. The summed E-state index contributed by atoms with van der Waals surface area (Å²) in [7, 11) is 1.96. The van der Waals surface area contributed by atoms with Gasteiger partial charge in [-0.25, -0.2) is 0 Å². The molecule has 0 aliphatic heterocycles. The Morgan fingerprint density at radius 3 is 2.89 bits per heavy atom. The van der Waals surface area contributed by atoms with Crippen molar-refractivity contribution in [2.75, 3.05) is 7.05 Å². The number of hydrogen-bond acceptors (Lipinski definition) is 4. The lowest BCUT2D eigenvalue weighted by atomic mass is 10.1. The minimum Gasteiger partial charge on any atom is -0.424 e. The van der Waals surface area contributed by atoms with Gasteiger partial charge in [0.05, 0.1) is 0 Å². The molecule has 0 saturated heterocycles. The third kappa shape index (κ3) is 2.24. The molecule has 2 heterocycles. The normalized spacial score (nSPS) is 11.3. The van der Waals surface area contributed by atoms with Crippen molar-refractivity contribution >= 4 is 10.9 Å². The Hall–Kier alpha value is -2.14. The van der Waals surface area contributed by atoms with Crippen molar-refractivity contribution < 1.29 is 4.42 Å². The van der Waals surface area contributed by atoms with Crippen LogP contribution in [0.1, 0.15) is 17.3 Å². The van der Waals surface area contributed by atoms with Crippen LogP contribution in [0.3, 0.4) is 0 Å². The first-order chi connectivity index (χ1) is 9.28. The lowest BCUT2D eigenvalue weighted by Crippen LogP contribution is -2.05. The Labute approximate surface area is 111 Å². The molecule has 5 heteroatoms. The standard InChI is InChI=1S/C14H16N4O/c1-10-16-17-14(19-10)9-18-7-6-12-11(8-15-2)4-3-5-13(12)18/h3-7,15H,8-9H2,1-2H3. The zero-order chi connectivity index (χ0) is 13.2. The highest BCUT2D eigenvalue weighted by Gasteiger charge is 2.08. The van der Waals surface area contributed by atoms with Gasteiger partial charge in [0.15, 0.2) is 0 Å². The molecule has 1 aromatic carbocycles. The molecule has 98 valence electrons. The van der Waals surface area contributed by atoms with E-state index in [4.69, 9.17) is 4.42 Å². The first kappa shape index (κ1) is 11.9. The Morgan fingerprint density at radius 2 is 2.16 bits per heavy atom. The largest absolute Gasteiger partial charge is 0.424 e. The van der Waals surface area contributed by atoms with Crippen molar-refractivity contribution in [1.82, 2.24) is 20.1 Å². The van der Waals surface area contributed by atoms with Crippen LogP contribution in [0.5, 0.6) is 0 Å². The Balaban J connectivity index is 1.98. The third-order valence-corrected chi connectivity index (χ3v) is 3.14. The quantitative estimate of drug-likeness (QED) is 0.776. The summed E-state index contributed by atoms with van der Waals surface area (Å²) in [6.45, 7) is 3.27. The number of rotatable bonds is 4. The van der Waals surface area contributed by atoms with Gasteiger partial charge in [-0.3, -0.25) is 0 Å². The minimum absolute atomic E-state index is 0.599. The van der Waals surface area contributed by atoms with Crippen LogP contribution in [-0.4, -0.2) is 21.8 Å². The van der Waals surface area contributed by atoms with E-state index in [2.05, 4.69) is 50.5 Å². The van der Waals surface area contributed by atoms with E-state index in [1.54, 1.807) is 6.92 Å². The van der Waals surface area contributed by atoms with E-state index >= 15 is 0 Å². The van der Waals surface area contributed by atoms with E-state index in [0.717, 1.165) is 6.54 Å². The molecule has 3 rings (SSSR count). The van der Waals surface area contributed by atoms with Gasteiger partial charge in [-0.05, 0) is 24.7 Å². The molecule has 19 heavy (non-hydrogen) atoms. The van der Waals surface area contributed by atoms with E-state index in [0.29, 0.717) is 18.3 Å². The molecular formula is C14H16N4O. The van der Waals surface area contributed by atoms with Gasteiger partial charge < -0.3 is 14.3 Å². The summed E-state index contributed by atoms with van der Waals surface area (Å²) < 4.78 is 7.55. The number of aromatic nitrogens is 3. The summed E-state index contributed by atoms with van der Waals surface area (Å²) in [5, 5.41) is 12.3. The van der Waals surface area contributed by atoms with Gasteiger partial charge in [-0.2, -0.15) is 0 Å². The third-order valence-electron chi connectivity index (χ3n) is 3.14. The summed E-state index contributed by atoms with van der Waals surface area (Å²) in [4.78, 5) is 0. The van der Waals surface area contributed by atoms with Crippen molar-refractivity contribution in [3.63, 3.8) is 0 Å². The van der Waals surface area contributed by atoms with E-state index < -0.39 is 0 Å². The summed E-state index contributed by atoms with van der Waals surface area (Å²) in [6.07, 6.45) is 2.06. The number of benzene rings is 1. The molecule has 0 atom stereocenters. The van der Waals surface area contributed by atoms with Crippen molar-refractivity contribution in [3.8, 4) is 0 Å². The van der Waals surface area contributed by atoms with Crippen molar-refractivity contribution in [2.24, 2.45) is 0 Å². The summed E-state index contributed by atoms with van der Waals surface area (Å²) in [5.74, 6) is 1.23. The molecule has 0 aliphatic rings. The molecule has 3 aromatic rings. The Bertz CT molecular complexity index is 698. The lowest BCUT2D eigenvalue weighted by Gasteiger charge is -2.05. The highest BCUT2D eigenvalue weighted by molar-refractivity contribution is 5.83. The van der Waals surface area contributed by atoms with Crippen LogP contribution >= 0.6 is 0 Å². The molecule has 0 aliphatic carbocycles. The van der Waals surface area contributed by atoms with Crippen molar-refractivity contribution in [2.45, 2.75) is 20.0 Å². The number of nitrogens with zero attached hydrogens (tertiary/aromatic N) is 3. The maximum atomic E-state index is 5.43. The topological polar surface area (TPSA) is 55.9 Å². The second kappa shape index (κ2) is 4.85. The average molecular weight is 256 g/mol. The van der Waals surface area contributed by atoms with Crippen LogP contribution in [0.2, 0.25) is 0 Å². The van der Waals surface area contributed by atoms with Crippen LogP contribution < -0.4 is 5.32 Å². The molecular weight excluding hydrogens is 240 g/mol. The highest BCUT2D eigenvalue weighted by Crippen LogP contribution is 2.21.